The molecule has 0 aliphatic heterocycles. The highest BCUT2D eigenvalue weighted by atomic mass is 32.2. The van der Waals surface area contributed by atoms with E-state index in [4.69, 9.17) is 0 Å². The van der Waals surface area contributed by atoms with Crippen molar-refractivity contribution in [2.45, 2.75) is 38.2 Å². The molecule has 0 fully saturated rings. The predicted molar refractivity (Wildman–Crippen MR) is 81.4 cm³/mol. The van der Waals surface area contributed by atoms with E-state index in [1.807, 2.05) is 20.8 Å². The summed E-state index contributed by atoms with van der Waals surface area (Å²) >= 11 is 0. The summed E-state index contributed by atoms with van der Waals surface area (Å²) in [5.41, 5.74) is 0.461. The van der Waals surface area contributed by atoms with Crippen molar-refractivity contribution >= 4 is 21.1 Å². The van der Waals surface area contributed by atoms with Crippen molar-refractivity contribution in [3.63, 3.8) is 0 Å². The molecular formula is C14H21N3O3S. The molecule has 0 spiro atoms. The highest BCUT2D eigenvalue weighted by Crippen LogP contribution is 2.22. The van der Waals surface area contributed by atoms with Crippen molar-refractivity contribution in [3.8, 4) is 0 Å². The average Bonchev–Trinajstić information content (AvgIpc) is 2.79. The van der Waals surface area contributed by atoms with Crippen LogP contribution in [-0.2, 0) is 10.0 Å². The Bertz CT molecular complexity index is 716. The topological polar surface area (TPSA) is 95.1 Å². The standard InChI is InChI=1S/C14H21N3O3S/c1-14(2,3)7-10(18)8-17-21(19,20)12-9-16-13-11(12)5-4-6-15-13/h4-6,9-10,17-18H,7-8H2,1-3H3,(H,15,16). The molecule has 2 heterocycles. The molecule has 0 aliphatic carbocycles. The molecule has 2 aromatic heterocycles. The lowest BCUT2D eigenvalue weighted by atomic mass is 9.89. The van der Waals surface area contributed by atoms with Crippen molar-refractivity contribution in [2.75, 3.05) is 6.54 Å². The monoisotopic (exact) mass is 311 g/mol. The Hall–Kier alpha value is -1.44. The van der Waals surface area contributed by atoms with Gasteiger partial charge in [-0.15, -0.1) is 0 Å². The van der Waals surface area contributed by atoms with E-state index in [0.29, 0.717) is 17.5 Å². The first-order chi connectivity index (χ1) is 9.69. The van der Waals surface area contributed by atoms with Crippen LogP contribution in [0.3, 0.4) is 0 Å². The van der Waals surface area contributed by atoms with E-state index >= 15 is 0 Å². The minimum absolute atomic E-state index is 0.00740. The molecule has 0 amide bonds. The highest BCUT2D eigenvalue weighted by molar-refractivity contribution is 7.89. The largest absolute Gasteiger partial charge is 0.392 e. The summed E-state index contributed by atoms with van der Waals surface area (Å²) in [6.07, 6.45) is 2.81. The number of sulfonamides is 1. The number of aliphatic hydroxyl groups is 1. The van der Waals surface area contributed by atoms with Gasteiger partial charge in [0.1, 0.15) is 10.5 Å². The summed E-state index contributed by atoms with van der Waals surface area (Å²) in [5.74, 6) is 0. The molecule has 0 saturated heterocycles. The summed E-state index contributed by atoms with van der Waals surface area (Å²) < 4.78 is 27.1. The number of pyridine rings is 1. The first kappa shape index (κ1) is 15.9. The summed E-state index contributed by atoms with van der Waals surface area (Å²) in [5, 5.41) is 10.4. The van der Waals surface area contributed by atoms with Gasteiger partial charge in [0, 0.05) is 24.3 Å². The second kappa shape index (κ2) is 5.75. The third kappa shape index (κ3) is 4.03. The zero-order valence-corrected chi connectivity index (χ0v) is 13.2. The van der Waals surface area contributed by atoms with Gasteiger partial charge in [-0.3, -0.25) is 0 Å². The van der Waals surface area contributed by atoms with E-state index in [1.165, 1.54) is 6.20 Å². The number of hydrogen-bond donors (Lipinski definition) is 3. The normalized spacial score (nSPS) is 14.5. The van der Waals surface area contributed by atoms with E-state index in [1.54, 1.807) is 18.3 Å². The molecule has 0 saturated carbocycles. The van der Waals surface area contributed by atoms with E-state index in [0.717, 1.165) is 0 Å². The van der Waals surface area contributed by atoms with E-state index in [-0.39, 0.29) is 16.9 Å². The Morgan fingerprint density at radius 3 is 2.81 bits per heavy atom. The molecule has 0 radical (unpaired) electrons. The highest BCUT2D eigenvalue weighted by Gasteiger charge is 2.22. The number of aliphatic hydroxyl groups excluding tert-OH is 1. The summed E-state index contributed by atoms with van der Waals surface area (Å²) in [4.78, 5) is 7.04. The first-order valence-electron chi connectivity index (χ1n) is 6.79. The van der Waals surface area contributed by atoms with E-state index in [2.05, 4.69) is 14.7 Å². The van der Waals surface area contributed by atoms with Crippen LogP contribution in [0.4, 0.5) is 0 Å². The van der Waals surface area contributed by atoms with Gasteiger partial charge in [-0.1, -0.05) is 20.8 Å². The van der Waals surface area contributed by atoms with Gasteiger partial charge >= 0.3 is 0 Å². The second-order valence-electron chi connectivity index (χ2n) is 6.32. The Labute approximate surface area is 124 Å². The van der Waals surface area contributed by atoms with Gasteiger partial charge in [-0.05, 0) is 24.0 Å². The molecule has 1 unspecified atom stereocenters. The SMILES string of the molecule is CC(C)(C)CC(O)CNS(=O)(=O)c1c[nH]c2ncccc12. The lowest BCUT2D eigenvalue weighted by Crippen LogP contribution is -2.34. The molecule has 0 bridgehead atoms. The smallest absolute Gasteiger partial charge is 0.242 e. The van der Waals surface area contributed by atoms with Crippen LogP contribution in [0, 0.1) is 5.41 Å². The van der Waals surface area contributed by atoms with E-state index < -0.39 is 16.1 Å². The van der Waals surface area contributed by atoms with Gasteiger partial charge < -0.3 is 10.1 Å². The van der Waals surface area contributed by atoms with Crippen molar-refractivity contribution in [1.29, 1.82) is 0 Å². The fourth-order valence-electron chi connectivity index (χ4n) is 2.22. The van der Waals surface area contributed by atoms with Crippen molar-refractivity contribution in [1.82, 2.24) is 14.7 Å². The Morgan fingerprint density at radius 2 is 2.14 bits per heavy atom. The molecule has 2 rings (SSSR count). The Kier molecular flexibility index (Phi) is 4.36. The molecule has 116 valence electrons. The average molecular weight is 311 g/mol. The Morgan fingerprint density at radius 1 is 1.43 bits per heavy atom. The third-order valence-corrected chi connectivity index (χ3v) is 4.52. The van der Waals surface area contributed by atoms with Crippen LogP contribution in [0.2, 0.25) is 0 Å². The summed E-state index contributed by atoms with van der Waals surface area (Å²) in [7, 11) is -3.68. The van der Waals surface area contributed by atoms with Crippen LogP contribution < -0.4 is 4.72 Å². The molecule has 1 atom stereocenters. The summed E-state index contributed by atoms with van der Waals surface area (Å²) in [6.45, 7) is 5.98. The number of aromatic nitrogens is 2. The molecular weight excluding hydrogens is 290 g/mol. The maximum absolute atomic E-state index is 12.3. The maximum Gasteiger partial charge on any atom is 0.242 e. The van der Waals surface area contributed by atoms with Gasteiger partial charge in [-0.2, -0.15) is 0 Å². The second-order valence-corrected chi connectivity index (χ2v) is 8.06. The minimum Gasteiger partial charge on any atom is -0.392 e. The van der Waals surface area contributed by atoms with Gasteiger partial charge in [0.15, 0.2) is 0 Å². The number of nitrogens with zero attached hydrogens (tertiary/aromatic N) is 1. The number of aromatic amines is 1. The van der Waals surface area contributed by atoms with E-state index in [9.17, 15) is 13.5 Å². The van der Waals surface area contributed by atoms with Crippen LogP contribution in [0.15, 0.2) is 29.4 Å². The fraction of sp³-hybridized carbons (Fsp3) is 0.500. The first-order valence-corrected chi connectivity index (χ1v) is 8.27. The molecule has 21 heavy (non-hydrogen) atoms. The number of rotatable bonds is 5. The quantitative estimate of drug-likeness (QED) is 0.782. The number of fused-ring (bicyclic) bond motifs is 1. The summed E-state index contributed by atoms with van der Waals surface area (Å²) in [6, 6.07) is 3.38. The van der Waals surface area contributed by atoms with Gasteiger partial charge in [0.2, 0.25) is 10.0 Å². The van der Waals surface area contributed by atoms with Gasteiger partial charge in [-0.25, -0.2) is 18.1 Å². The molecule has 2 aromatic rings. The molecule has 3 N–H and O–H groups in total. The minimum atomic E-state index is -3.68. The maximum atomic E-state index is 12.3. The van der Waals surface area contributed by atoms with Gasteiger partial charge in [0.05, 0.1) is 6.10 Å². The number of H-pyrrole nitrogens is 1. The van der Waals surface area contributed by atoms with Crippen molar-refractivity contribution < 1.29 is 13.5 Å². The number of hydrogen-bond acceptors (Lipinski definition) is 4. The van der Waals surface area contributed by atoms with Crippen LogP contribution >= 0.6 is 0 Å². The molecule has 6 nitrogen and oxygen atoms in total. The predicted octanol–water partition coefficient (Wildman–Crippen LogP) is 1.64. The van der Waals surface area contributed by atoms with Crippen LogP contribution in [0.5, 0.6) is 0 Å². The lowest BCUT2D eigenvalue weighted by molar-refractivity contribution is 0.125. The fourth-order valence-corrected chi connectivity index (χ4v) is 3.45. The zero-order chi connectivity index (χ0) is 15.7. The lowest BCUT2D eigenvalue weighted by Gasteiger charge is -2.22. The van der Waals surface area contributed by atoms with Crippen molar-refractivity contribution in [2.24, 2.45) is 5.41 Å². The van der Waals surface area contributed by atoms with Crippen LogP contribution in [0.1, 0.15) is 27.2 Å². The number of nitrogens with one attached hydrogen (secondary N) is 2. The zero-order valence-electron chi connectivity index (χ0n) is 12.4. The van der Waals surface area contributed by atoms with Gasteiger partial charge in [0.25, 0.3) is 0 Å². The third-order valence-electron chi connectivity index (χ3n) is 3.06. The Balaban J connectivity index is 2.12. The molecule has 0 aromatic carbocycles. The molecule has 0 aliphatic rings. The van der Waals surface area contributed by atoms with Crippen molar-refractivity contribution in [3.05, 3.63) is 24.5 Å². The van der Waals surface area contributed by atoms with Crippen LogP contribution in [0.25, 0.3) is 11.0 Å². The van der Waals surface area contributed by atoms with Crippen LogP contribution in [-0.4, -0.2) is 36.1 Å². The molecule has 7 heteroatoms.